The minimum Gasteiger partial charge on any atom is -0.481 e. The molecule has 4 heterocycles. The quantitative estimate of drug-likeness (QED) is 0.464. The van der Waals surface area contributed by atoms with Crippen molar-refractivity contribution in [1.82, 2.24) is 24.8 Å². The highest BCUT2D eigenvalue weighted by Crippen LogP contribution is 2.64. The molecule has 1 aromatic heterocycles. The van der Waals surface area contributed by atoms with Gasteiger partial charge in [0.2, 0.25) is 11.8 Å². The summed E-state index contributed by atoms with van der Waals surface area (Å²) in [5, 5.41) is 28.0. The zero-order valence-corrected chi connectivity index (χ0v) is 20.2. The molecule has 5 rings (SSSR count). The molecule has 0 aliphatic carbocycles. The lowest BCUT2D eigenvalue weighted by molar-refractivity contribution is -0.158. The average Bonchev–Trinajstić information content (AvgIpc) is 3.59. The van der Waals surface area contributed by atoms with Crippen molar-refractivity contribution in [2.24, 2.45) is 11.8 Å². The number of ether oxygens (including phenoxy) is 1. The summed E-state index contributed by atoms with van der Waals surface area (Å²) in [7, 11) is 0. The molecule has 2 N–H and O–H groups in total. The number of hydrogen-bond acceptors (Lipinski definition) is 7. The minimum atomic E-state index is -1.23. The van der Waals surface area contributed by atoms with E-state index in [-0.39, 0.29) is 38.7 Å². The summed E-state index contributed by atoms with van der Waals surface area (Å²) in [4.78, 5) is 43.3. The highest BCUT2D eigenvalue weighted by molar-refractivity contribution is 5.98. The maximum atomic E-state index is 14.2. The van der Waals surface area contributed by atoms with E-state index in [1.165, 1.54) is 4.90 Å². The number of carbonyl (C=O) groups is 3. The zero-order chi connectivity index (χ0) is 25.7. The van der Waals surface area contributed by atoms with Crippen LogP contribution in [0.25, 0.3) is 11.0 Å². The first-order valence-electron chi connectivity index (χ1n) is 12.4. The zero-order valence-electron chi connectivity index (χ0n) is 20.2. The lowest BCUT2D eigenvalue weighted by Gasteiger charge is -2.36. The van der Waals surface area contributed by atoms with E-state index in [0.29, 0.717) is 24.8 Å². The van der Waals surface area contributed by atoms with Crippen LogP contribution in [0.15, 0.2) is 36.9 Å². The van der Waals surface area contributed by atoms with Gasteiger partial charge in [-0.1, -0.05) is 30.3 Å². The topological polar surface area (TPSA) is 138 Å². The molecule has 0 radical (unpaired) electrons. The maximum absolute atomic E-state index is 14.2. The van der Waals surface area contributed by atoms with Crippen molar-refractivity contribution in [1.29, 1.82) is 0 Å². The summed E-state index contributed by atoms with van der Waals surface area (Å²) in [6.07, 6.45) is 3.19. The molecule has 1 aromatic carbocycles. The lowest BCUT2D eigenvalue weighted by Crippen LogP contribution is -2.56. The van der Waals surface area contributed by atoms with E-state index in [2.05, 4.69) is 16.9 Å². The largest absolute Gasteiger partial charge is 0.481 e. The van der Waals surface area contributed by atoms with E-state index < -0.39 is 41.0 Å². The number of carboxylic acids is 1. The summed E-state index contributed by atoms with van der Waals surface area (Å²) < 4.78 is 8.14. The number of aliphatic hydroxyl groups excluding tert-OH is 1. The van der Waals surface area contributed by atoms with Crippen LogP contribution in [-0.2, 0) is 25.8 Å². The first-order chi connectivity index (χ1) is 17.3. The number of amides is 2. The van der Waals surface area contributed by atoms with Crippen LogP contribution in [0.5, 0.6) is 0 Å². The van der Waals surface area contributed by atoms with E-state index in [9.17, 15) is 24.6 Å². The lowest BCUT2D eigenvalue weighted by atomic mass is 9.65. The van der Waals surface area contributed by atoms with Crippen molar-refractivity contribution in [2.45, 2.75) is 56.5 Å². The molecule has 5 atom stereocenters. The molecule has 2 unspecified atom stereocenters. The van der Waals surface area contributed by atoms with Crippen molar-refractivity contribution in [3.05, 3.63) is 36.9 Å². The molecule has 0 saturated carbocycles. The fourth-order valence-corrected chi connectivity index (χ4v) is 6.58. The van der Waals surface area contributed by atoms with Gasteiger partial charge in [-0.05, 0) is 37.8 Å². The van der Waals surface area contributed by atoms with Crippen molar-refractivity contribution < 1.29 is 29.3 Å². The van der Waals surface area contributed by atoms with Gasteiger partial charge in [0.1, 0.15) is 29.7 Å². The third kappa shape index (κ3) is 3.36. The Morgan fingerprint density at radius 1 is 1.33 bits per heavy atom. The van der Waals surface area contributed by atoms with Gasteiger partial charge in [-0.3, -0.25) is 14.4 Å². The number of likely N-dealkylation sites (tertiary alicyclic amines) is 1. The van der Waals surface area contributed by atoms with Gasteiger partial charge in [0.25, 0.3) is 0 Å². The fraction of sp³-hybridized carbons (Fsp3) is 0.560. The van der Waals surface area contributed by atoms with Gasteiger partial charge in [0, 0.05) is 19.7 Å². The maximum Gasteiger partial charge on any atom is 0.310 e. The van der Waals surface area contributed by atoms with Crippen LogP contribution in [-0.4, -0.2) is 89.7 Å². The van der Waals surface area contributed by atoms with Crippen molar-refractivity contribution >= 4 is 28.8 Å². The van der Waals surface area contributed by atoms with Crippen molar-refractivity contribution in [3.8, 4) is 0 Å². The Hall–Kier alpha value is -3.31. The van der Waals surface area contributed by atoms with Gasteiger partial charge in [0.05, 0.1) is 17.0 Å². The number of para-hydroxylation sites is 1. The fourth-order valence-electron chi connectivity index (χ4n) is 6.58. The standard InChI is InChI=1S/C25H31N5O6/c1-3-12-28(15-30-17-9-6-5-8-16(17)26-27-30)22(33)20-25-11-10-24(4-2,36-25)19(23(34)35)18(25)21(32)29(20)13-7-14-31/h3,5-6,8-9,18-20,31H,1,4,7,10-15H2,2H3,(H,34,35)/t18-,19+,20?,24-,25?/m0/s1. The summed E-state index contributed by atoms with van der Waals surface area (Å²) in [6, 6.07) is 6.40. The second-order valence-corrected chi connectivity index (χ2v) is 9.85. The van der Waals surface area contributed by atoms with E-state index in [4.69, 9.17) is 4.74 Å². The van der Waals surface area contributed by atoms with Crippen LogP contribution < -0.4 is 0 Å². The van der Waals surface area contributed by atoms with Crippen LogP contribution in [0, 0.1) is 11.8 Å². The Morgan fingerprint density at radius 3 is 2.81 bits per heavy atom. The van der Waals surface area contributed by atoms with Crippen LogP contribution in [0.1, 0.15) is 32.6 Å². The second kappa shape index (κ2) is 8.97. The Bertz CT molecular complexity index is 1210. The van der Waals surface area contributed by atoms with Gasteiger partial charge >= 0.3 is 5.97 Å². The molecule has 11 nitrogen and oxygen atoms in total. The molecule has 3 aliphatic heterocycles. The average molecular weight is 498 g/mol. The number of carbonyl (C=O) groups excluding carboxylic acids is 2. The molecule has 2 amide bonds. The molecule has 36 heavy (non-hydrogen) atoms. The van der Waals surface area contributed by atoms with Crippen LogP contribution in [0.3, 0.4) is 0 Å². The van der Waals surface area contributed by atoms with E-state index in [0.717, 1.165) is 5.52 Å². The van der Waals surface area contributed by atoms with Crippen LogP contribution in [0.4, 0.5) is 0 Å². The molecule has 1 spiro atoms. The number of aliphatic hydroxyl groups is 1. The number of aliphatic carboxylic acids is 1. The Morgan fingerprint density at radius 2 is 2.11 bits per heavy atom. The van der Waals surface area contributed by atoms with Gasteiger partial charge in [-0.15, -0.1) is 11.7 Å². The molecular formula is C25H31N5O6. The Labute approximate surface area is 208 Å². The summed E-state index contributed by atoms with van der Waals surface area (Å²) in [5.74, 6) is -3.81. The van der Waals surface area contributed by atoms with E-state index in [1.54, 1.807) is 15.7 Å². The minimum absolute atomic E-state index is 0.0753. The predicted molar refractivity (Wildman–Crippen MR) is 127 cm³/mol. The predicted octanol–water partition coefficient (Wildman–Crippen LogP) is 1.03. The molecule has 3 aliphatic rings. The molecule has 192 valence electrons. The number of carboxylic acid groups (broad SMARTS) is 1. The van der Waals surface area contributed by atoms with Crippen LogP contribution >= 0.6 is 0 Å². The van der Waals surface area contributed by atoms with Crippen LogP contribution in [0.2, 0.25) is 0 Å². The molecular weight excluding hydrogens is 466 g/mol. The normalized spacial score (nSPS) is 30.7. The van der Waals surface area contributed by atoms with Gasteiger partial charge in [-0.25, -0.2) is 4.68 Å². The van der Waals surface area contributed by atoms with Crippen molar-refractivity contribution in [2.75, 3.05) is 19.7 Å². The van der Waals surface area contributed by atoms with Gasteiger partial charge in [-0.2, -0.15) is 0 Å². The monoisotopic (exact) mass is 497 g/mol. The number of rotatable bonds is 10. The number of fused-ring (bicyclic) bond motifs is 2. The summed E-state index contributed by atoms with van der Waals surface area (Å²) >= 11 is 0. The highest BCUT2D eigenvalue weighted by Gasteiger charge is 2.79. The molecule has 3 saturated heterocycles. The van der Waals surface area contributed by atoms with Gasteiger partial charge < -0.3 is 24.7 Å². The molecule has 2 bridgehead atoms. The first-order valence-corrected chi connectivity index (χ1v) is 12.4. The SMILES string of the molecule is C=CCN(Cn1nnc2ccccc21)C(=O)C1N(CCCO)C(=O)[C@@H]2[C@H](C(=O)O)[C@]3(CC)CCC12O3. The highest BCUT2D eigenvalue weighted by atomic mass is 16.5. The third-order valence-electron chi connectivity index (χ3n) is 8.12. The number of aromatic nitrogens is 3. The van der Waals surface area contributed by atoms with E-state index >= 15 is 0 Å². The molecule has 2 aromatic rings. The van der Waals surface area contributed by atoms with Gasteiger partial charge in [0.15, 0.2) is 0 Å². The first kappa shape index (κ1) is 24.4. The summed E-state index contributed by atoms with van der Waals surface area (Å²) in [6.45, 7) is 5.89. The van der Waals surface area contributed by atoms with Crippen molar-refractivity contribution in [3.63, 3.8) is 0 Å². The third-order valence-corrected chi connectivity index (χ3v) is 8.12. The number of benzene rings is 1. The van der Waals surface area contributed by atoms with E-state index in [1.807, 2.05) is 31.2 Å². The molecule has 3 fully saturated rings. The number of hydrogen-bond donors (Lipinski definition) is 2. The second-order valence-electron chi connectivity index (χ2n) is 9.85. The Balaban J connectivity index is 1.55. The summed E-state index contributed by atoms with van der Waals surface area (Å²) in [5.41, 5.74) is -0.759. The Kier molecular flexibility index (Phi) is 6.08. The number of nitrogens with zero attached hydrogens (tertiary/aromatic N) is 5. The smallest absolute Gasteiger partial charge is 0.310 e. The molecule has 11 heteroatoms.